The summed E-state index contributed by atoms with van der Waals surface area (Å²) in [6.45, 7) is 2.74. The van der Waals surface area contributed by atoms with Crippen molar-refractivity contribution < 1.29 is 1.37 Å². The first kappa shape index (κ1) is 8.06. The second-order valence-corrected chi connectivity index (χ2v) is 2.73. The predicted octanol–water partition coefficient (Wildman–Crippen LogP) is 2.70. The van der Waals surface area contributed by atoms with E-state index in [2.05, 4.69) is 6.92 Å². The summed E-state index contributed by atoms with van der Waals surface area (Å²) >= 11 is 0. The maximum absolute atomic E-state index is 7.38. The highest BCUT2D eigenvalue weighted by molar-refractivity contribution is 4.44. The lowest BCUT2D eigenvalue weighted by atomic mass is 10.1. The SMILES string of the molecule is [2H]C(CN)CCCCCCC. The maximum atomic E-state index is 7.38. The average Bonchev–Trinajstić information content (AvgIpc) is 2.04. The fourth-order valence-corrected chi connectivity index (χ4v) is 1.01. The van der Waals surface area contributed by atoms with Crippen molar-refractivity contribution in [2.45, 2.75) is 51.8 Å². The Kier molecular flexibility index (Phi) is 7.22. The van der Waals surface area contributed by atoms with E-state index in [1.54, 1.807) is 0 Å². The Balaban J connectivity index is 2.89. The van der Waals surface area contributed by atoms with Gasteiger partial charge in [0.2, 0.25) is 0 Å². The van der Waals surface area contributed by atoms with E-state index in [1.165, 1.54) is 32.1 Å². The molecule has 0 fully saturated rings. The van der Waals surface area contributed by atoms with E-state index >= 15 is 0 Å². The molecule has 0 aliphatic carbocycles. The molecule has 0 aromatic heterocycles. The van der Waals surface area contributed by atoms with Gasteiger partial charge < -0.3 is 5.73 Å². The molecular formula is C9H21N. The van der Waals surface area contributed by atoms with Crippen LogP contribution in [0.4, 0.5) is 0 Å². The highest BCUT2D eigenvalue weighted by atomic mass is 14.5. The Bertz CT molecular complexity index is 76.0. The van der Waals surface area contributed by atoms with Crippen LogP contribution in [0.1, 0.15) is 53.2 Å². The minimum absolute atomic E-state index is 0.0170. The fraction of sp³-hybridized carbons (Fsp3) is 1.00. The van der Waals surface area contributed by atoms with Gasteiger partial charge in [-0.05, 0) is 12.9 Å². The molecule has 0 bridgehead atoms. The Hall–Kier alpha value is -0.0400. The molecule has 0 aliphatic heterocycles. The van der Waals surface area contributed by atoms with Gasteiger partial charge in [-0.25, -0.2) is 0 Å². The summed E-state index contributed by atoms with van der Waals surface area (Å²) in [7, 11) is 0. The lowest BCUT2D eigenvalue weighted by Crippen LogP contribution is -1.97. The van der Waals surface area contributed by atoms with Gasteiger partial charge in [-0.1, -0.05) is 45.4 Å². The van der Waals surface area contributed by atoms with E-state index in [0.717, 1.165) is 6.42 Å². The van der Waals surface area contributed by atoms with Gasteiger partial charge in [-0.2, -0.15) is 0 Å². The van der Waals surface area contributed by atoms with Crippen molar-refractivity contribution in [3.8, 4) is 0 Å². The molecule has 0 radical (unpaired) electrons. The molecule has 0 aromatic carbocycles. The third kappa shape index (κ3) is 7.96. The first-order valence-electron chi connectivity index (χ1n) is 5.01. The molecule has 0 rings (SSSR count). The monoisotopic (exact) mass is 144 g/mol. The summed E-state index contributed by atoms with van der Waals surface area (Å²) in [6, 6.07) is 0. The standard InChI is InChI=1S/C9H21N/c1-2-3-4-5-6-7-8-9-10/h2-10H2,1H3/i8D. The molecule has 0 aliphatic rings. The van der Waals surface area contributed by atoms with E-state index < -0.39 is 0 Å². The third-order valence-electron chi connectivity index (χ3n) is 1.68. The van der Waals surface area contributed by atoms with Gasteiger partial charge in [0.05, 0.1) is 0 Å². The second kappa shape index (κ2) is 8.96. The topological polar surface area (TPSA) is 26.0 Å². The van der Waals surface area contributed by atoms with Crippen molar-refractivity contribution in [3.05, 3.63) is 0 Å². The maximum Gasteiger partial charge on any atom is 0.0279 e. The zero-order chi connectivity index (χ0) is 8.53. The van der Waals surface area contributed by atoms with Gasteiger partial charge >= 0.3 is 0 Å². The van der Waals surface area contributed by atoms with Gasteiger partial charge in [-0.15, -0.1) is 0 Å². The van der Waals surface area contributed by atoms with Crippen molar-refractivity contribution in [1.82, 2.24) is 0 Å². The molecule has 2 N–H and O–H groups in total. The van der Waals surface area contributed by atoms with E-state index in [0.29, 0.717) is 6.54 Å². The summed E-state index contributed by atoms with van der Waals surface area (Å²) in [5, 5.41) is 0. The summed E-state index contributed by atoms with van der Waals surface area (Å²) in [4.78, 5) is 0. The molecule has 62 valence electrons. The van der Waals surface area contributed by atoms with Crippen LogP contribution < -0.4 is 5.73 Å². The van der Waals surface area contributed by atoms with Crippen LogP contribution in [0.25, 0.3) is 0 Å². The van der Waals surface area contributed by atoms with Gasteiger partial charge in [-0.3, -0.25) is 0 Å². The molecule has 1 unspecified atom stereocenters. The Labute approximate surface area is 66.4 Å². The lowest BCUT2D eigenvalue weighted by Gasteiger charge is -1.97. The van der Waals surface area contributed by atoms with Crippen LogP contribution in [-0.4, -0.2) is 6.54 Å². The van der Waals surface area contributed by atoms with Crippen molar-refractivity contribution in [2.75, 3.05) is 6.54 Å². The van der Waals surface area contributed by atoms with Crippen LogP contribution in [0.2, 0.25) is 0 Å². The highest BCUT2D eigenvalue weighted by Crippen LogP contribution is 2.05. The van der Waals surface area contributed by atoms with Crippen molar-refractivity contribution in [1.29, 1.82) is 0 Å². The summed E-state index contributed by atoms with van der Waals surface area (Å²) in [5.41, 5.74) is 5.33. The summed E-state index contributed by atoms with van der Waals surface area (Å²) in [6.07, 6.45) is 7.39. The van der Waals surface area contributed by atoms with Crippen LogP contribution in [0.5, 0.6) is 0 Å². The van der Waals surface area contributed by atoms with Crippen molar-refractivity contribution in [3.63, 3.8) is 0 Å². The molecule has 0 saturated carbocycles. The molecule has 0 heterocycles. The smallest absolute Gasteiger partial charge is 0.0279 e. The zero-order valence-corrected chi connectivity index (χ0v) is 7.10. The summed E-state index contributed by atoms with van der Waals surface area (Å²) in [5.74, 6) is 0. The van der Waals surface area contributed by atoms with Gasteiger partial charge in [0.15, 0.2) is 0 Å². The summed E-state index contributed by atoms with van der Waals surface area (Å²) < 4.78 is 7.38. The van der Waals surface area contributed by atoms with Crippen molar-refractivity contribution >= 4 is 0 Å². The zero-order valence-electron chi connectivity index (χ0n) is 8.10. The minimum atomic E-state index is -0.0170. The molecule has 0 saturated heterocycles. The fourth-order valence-electron chi connectivity index (χ4n) is 1.01. The Morgan fingerprint density at radius 2 is 1.70 bits per heavy atom. The number of hydrogen-bond acceptors (Lipinski definition) is 1. The first-order valence-corrected chi connectivity index (χ1v) is 4.43. The first-order chi connectivity index (χ1) is 5.31. The van der Waals surface area contributed by atoms with Gasteiger partial charge in [0.1, 0.15) is 0 Å². The highest BCUT2D eigenvalue weighted by Gasteiger charge is 1.87. The van der Waals surface area contributed by atoms with Gasteiger partial charge in [0, 0.05) is 1.37 Å². The van der Waals surface area contributed by atoms with Crippen molar-refractivity contribution in [2.24, 2.45) is 5.73 Å². The van der Waals surface area contributed by atoms with Crippen LogP contribution in [0.3, 0.4) is 0 Å². The molecule has 0 aromatic rings. The van der Waals surface area contributed by atoms with Crippen LogP contribution >= 0.6 is 0 Å². The normalized spacial score (nSPS) is 14.8. The Morgan fingerprint density at radius 3 is 2.30 bits per heavy atom. The number of rotatable bonds is 7. The predicted molar refractivity (Wildman–Crippen MR) is 47.0 cm³/mol. The van der Waals surface area contributed by atoms with Crippen LogP contribution in [0, 0.1) is 0 Å². The Morgan fingerprint density at radius 1 is 1.10 bits per heavy atom. The molecule has 0 amide bonds. The lowest BCUT2D eigenvalue weighted by molar-refractivity contribution is 0.593. The minimum Gasteiger partial charge on any atom is -0.330 e. The number of unbranched alkanes of at least 4 members (excludes halogenated alkanes) is 4. The third-order valence-corrected chi connectivity index (χ3v) is 1.68. The van der Waals surface area contributed by atoms with E-state index in [1.807, 2.05) is 0 Å². The molecule has 1 nitrogen and oxygen atoms in total. The molecule has 1 atom stereocenters. The average molecular weight is 144 g/mol. The largest absolute Gasteiger partial charge is 0.330 e. The van der Waals surface area contributed by atoms with Gasteiger partial charge in [0.25, 0.3) is 0 Å². The van der Waals surface area contributed by atoms with E-state index in [-0.39, 0.29) is 6.40 Å². The van der Waals surface area contributed by atoms with E-state index in [4.69, 9.17) is 7.10 Å². The molecular weight excluding hydrogens is 122 g/mol. The van der Waals surface area contributed by atoms with E-state index in [9.17, 15) is 0 Å². The number of hydrogen-bond donors (Lipinski definition) is 1. The quantitative estimate of drug-likeness (QED) is 0.546. The number of nitrogens with two attached hydrogens (primary N) is 1. The van der Waals surface area contributed by atoms with Crippen LogP contribution in [0.15, 0.2) is 0 Å². The molecule has 1 heteroatoms. The second-order valence-electron chi connectivity index (χ2n) is 2.73. The van der Waals surface area contributed by atoms with Crippen LogP contribution in [-0.2, 0) is 0 Å². The molecule has 10 heavy (non-hydrogen) atoms. The molecule has 0 spiro atoms.